The Morgan fingerprint density at radius 3 is 2.83 bits per heavy atom. The van der Waals surface area contributed by atoms with E-state index in [2.05, 4.69) is 15.9 Å². The van der Waals surface area contributed by atoms with Gasteiger partial charge >= 0.3 is 0 Å². The minimum Gasteiger partial charge on any atom is -0.481 e. The summed E-state index contributed by atoms with van der Waals surface area (Å²) in [6.07, 6.45) is 5.49. The number of H-pyrrole nitrogens is 1. The van der Waals surface area contributed by atoms with Gasteiger partial charge in [0.1, 0.15) is 11.4 Å². The molecule has 0 saturated heterocycles. The summed E-state index contributed by atoms with van der Waals surface area (Å²) in [6, 6.07) is 5.77. The highest BCUT2D eigenvalue weighted by Gasteiger charge is 2.36. The molecule has 23 heavy (non-hydrogen) atoms. The number of aryl methyl sites for hydroxylation is 1. The van der Waals surface area contributed by atoms with Crippen LogP contribution in [0.25, 0.3) is 22.1 Å². The Morgan fingerprint density at radius 1 is 1.30 bits per heavy atom. The minimum atomic E-state index is -0.507. The number of nitrogens with zero attached hydrogens (tertiary/aromatic N) is 2. The van der Waals surface area contributed by atoms with Crippen LogP contribution in [-0.4, -0.2) is 15.0 Å². The number of imidazole rings is 1. The maximum absolute atomic E-state index is 6.16. The zero-order valence-corrected chi connectivity index (χ0v) is 13.9. The van der Waals surface area contributed by atoms with Crippen molar-refractivity contribution in [2.45, 2.75) is 26.4 Å². The number of aromatic amines is 1. The van der Waals surface area contributed by atoms with E-state index in [1.807, 2.05) is 44.4 Å². The van der Waals surface area contributed by atoms with Crippen LogP contribution in [-0.2, 0) is 5.60 Å². The third-order valence-electron chi connectivity index (χ3n) is 3.90. The van der Waals surface area contributed by atoms with E-state index in [1.54, 1.807) is 11.3 Å². The molecule has 114 valence electrons. The highest BCUT2D eigenvalue weighted by atomic mass is 32.1. The summed E-state index contributed by atoms with van der Waals surface area (Å²) in [4.78, 5) is 12.7. The van der Waals surface area contributed by atoms with Crippen molar-refractivity contribution in [2.75, 3.05) is 0 Å². The van der Waals surface area contributed by atoms with Gasteiger partial charge in [-0.15, -0.1) is 17.8 Å². The molecule has 3 heterocycles. The van der Waals surface area contributed by atoms with Crippen molar-refractivity contribution in [1.82, 2.24) is 15.0 Å². The molecule has 5 heteroatoms. The Bertz CT molecular complexity index is 959. The first-order valence-electron chi connectivity index (χ1n) is 7.31. The number of ether oxygens (including phenoxy) is 1. The average molecular weight is 321 g/mol. The van der Waals surface area contributed by atoms with E-state index in [4.69, 9.17) is 16.1 Å². The molecule has 3 aromatic rings. The maximum Gasteiger partial charge on any atom is 0.167 e. The smallest absolute Gasteiger partial charge is 0.167 e. The molecular formula is C18H15N3OS. The van der Waals surface area contributed by atoms with E-state index in [0.717, 1.165) is 44.8 Å². The molecule has 1 N–H and O–H groups in total. The Labute approximate surface area is 138 Å². The first-order valence-corrected chi connectivity index (χ1v) is 8.19. The summed E-state index contributed by atoms with van der Waals surface area (Å²) in [7, 11) is 0. The van der Waals surface area contributed by atoms with Gasteiger partial charge in [0.15, 0.2) is 10.8 Å². The molecule has 0 amide bonds. The average Bonchev–Trinajstić information content (AvgIpc) is 3.13. The maximum atomic E-state index is 6.16. The molecule has 4 nitrogen and oxygen atoms in total. The predicted molar refractivity (Wildman–Crippen MR) is 91.5 cm³/mol. The third-order valence-corrected chi connectivity index (χ3v) is 4.86. The van der Waals surface area contributed by atoms with Crippen LogP contribution in [0.2, 0.25) is 0 Å². The fourth-order valence-corrected chi connectivity index (χ4v) is 3.53. The normalized spacial score (nSPS) is 14.5. The van der Waals surface area contributed by atoms with Crippen LogP contribution in [0, 0.1) is 19.3 Å². The summed E-state index contributed by atoms with van der Waals surface area (Å²) < 4.78 is 6.16. The second-order valence-electron chi connectivity index (χ2n) is 6.07. The molecule has 1 aromatic carbocycles. The third kappa shape index (κ3) is 2.14. The Morgan fingerprint density at radius 2 is 2.13 bits per heavy atom. The van der Waals surface area contributed by atoms with Crippen LogP contribution >= 0.6 is 11.3 Å². The Hall–Kier alpha value is -2.58. The lowest BCUT2D eigenvalue weighted by molar-refractivity contribution is 0.101. The largest absolute Gasteiger partial charge is 0.481 e. The molecule has 0 spiro atoms. The van der Waals surface area contributed by atoms with E-state index in [1.165, 1.54) is 0 Å². The number of nitrogens with one attached hydrogen (secondary N) is 1. The van der Waals surface area contributed by atoms with Crippen LogP contribution in [0.1, 0.15) is 30.8 Å². The van der Waals surface area contributed by atoms with Gasteiger partial charge in [0.05, 0.1) is 11.4 Å². The fourth-order valence-electron chi connectivity index (χ4n) is 2.79. The molecule has 1 aliphatic rings. The molecule has 0 saturated carbocycles. The van der Waals surface area contributed by atoms with Gasteiger partial charge in [0, 0.05) is 22.2 Å². The van der Waals surface area contributed by atoms with E-state index >= 15 is 0 Å². The molecular weight excluding hydrogens is 306 g/mol. The summed E-state index contributed by atoms with van der Waals surface area (Å²) in [5, 5.41) is 2.90. The summed E-state index contributed by atoms with van der Waals surface area (Å²) >= 11 is 1.58. The van der Waals surface area contributed by atoms with Gasteiger partial charge in [-0.05, 0) is 39.0 Å². The number of terminal acetylenes is 1. The summed E-state index contributed by atoms with van der Waals surface area (Å²) in [5.74, 6) is 4.19. The molecule has 0 atom stereocenters. The minimum absolute atomic E-state index is 0.507. The summed E-state index contributed by atoms with van der Waals surface area (Å²) in [5.41, 5.74) is 4.11. The van der Waals surface area contributed by atoms with Crippen molar-refractivity contribution in [3.63, 3.8) is 0 Å². The number of hydrogen-bond acceptors (Lipinski definition) is 4. The highest BCUT2D eigenvalue weighted by Crippen LogP contribution is 2.45. The zero-order valence-electron chi connectivity index (χ0n) is 13.1. The van der Waals surface area contributed by atoms with E-state index in [9.17, 15) is 0 Å². The van der Waals surface area contributed by atoms with Crippen molar-refractivity contribution < 1.29 is 4.74 Å². The van der Waals surface area contributed by atoms with E-state index in [-0.39, 0.29) is 0 Å². The number of thiazole rings is 1. The number of aromatic nitrogens is 3. The molecule has 0 fully saturated rings. The van der Waals surface area contributed by atoms with Crippen LogP contribution in [0.15, 0.2) is 23.6 Å². The molecule has 0 aliphatic carbocycles. The van der Waals surface area contributed by atoms with Gasteiger partial charge in [-0.2, -0.15) is 0 Å². The topological polar surface area (TPSA) is 50.8 Å². The van der Waals surface area contributed by atoms with Crippen molar-refractivity contribution in [3.8, 4) is 40.2 Å². The number of fused-ring (bicyclic) bond motifs is 3. The first kappa shape index (κ1) is 14.0. The Balaban J connectivity index is 1.92. The molecule has 0 bridgehead atoms. The summed E-state index contributed by atoms with van der Waals surface area (Å²) in [6.45, 7) is 6.02. The fraction of sp³-hybridized carbons (Fsp3) is 0.222. The second-order valence-corrected chi connectivity index (χ2v) is 6.93. The number of rotatable bonds is 1. The lowest BCUT2D eigenvalue weighted by Gasteiger charge is -2.31. The zero-order chi connectivity index (χ0) is 16.2. The van der Waals surface area contributed by atoms with Gasteiger partial charge in [-0.25, -0.2) is 9.97 Å². The van der Waals surface area contributed by atoms with Crippen LogP contribution in [0.5, 0.6) is 5.75 Å². The van der Waals surface area contributed by atoms with Crippen LogP contribution < -0.4 is 4.74 Å². The number of hydrogen-bond donors (Lipinski definition) is 1. The first-order chi connectivity index (χ1) is 11.0. The van der Waals surface area contributed by atoms with Gasteiger partial charge in [0.25, 0.3) is 0 Å². The van der Waals surface area contributed by atoms with Crippen molar-refractivity contribution in [1.29, 1.82) is 0 Å². The highest BCUT2D eigenvalue weighted by molar-refractivity contribution is 7.13. The van der Waals surface area contributed by atoms with Crippen LogP contribution in [0.3, 0.4) is 0 Å². The standard InChI is InChI=1S/C18H15N3OS/c1-5-11-6-7-12-13(8-11)22-18(3,4)15-14(12)20-16(21-15)17-19-10(2)9-23-17/h1,6-9H,2-4H3,(H,20,21). The molecule has 0 unspecified atom stereocenters. The van der Waals surface area contributed by atoms with Gasteiger partial charge in [-0.3, -0.25) is 0 Å². The van der Waals surface area contributed by atoms with Crippen molar-refractivity contribution in [3.05, 3.63) is 40.5 Å². The van der Waals surface area contributed by atoms with Gasteiger partial charge in [0.2, 0.25) is 0 Å². The lowest BCUT2D eigenvalue weighted by Crippen LogP contribution is -2.29. The van der Waals surface area contributed by atoms with Gasteiger partial charge < -0.3 is 9.72 Å². The quantitative estimate of drug-likeness (QED) is 0.686. The van der Waals surface area contributed by atoms with E-state index in [0.29, 0.717) is 0 Å². The molecule has 0 radical (unpaired) electrons. The molecule has 4 rings (SSSR count). The lowest BCUT2D eigenvalue weighted by atomic mass is 9.94. The predicted octanol–water partition coefficient (Wildman–Crippen LogP) is 4.12. The number of benzene rings is 1. The van der Waals surface area contributed by atoms with Crippen LogP contribution in [0.4, 0.5) is 0 Å². The monoisotopic (exact) mass is 321 g/mol. The molecule has 1 aliphatic heterocycles. The van der Waals surface area contributed by atoms with Crippen molar-refractivity contribution in [2.24, 2.45) is 0 Å². The Kier molecular flexibility index (Phi) is 2.87. The second kappa shape index (κ2) is 4.71. The van der Waals surface area contributed by atoms with E-state index < -0.39 is 5.60 Å². The molecule has 2 aromatic heterocycles. The van der Waals surface area contributed by atoms with Gasteiger partial charge in [-0.1, -0.05) is 5.92 Å². The van der Waals surface area contributed by atoms with Crippen molar-refractivity contribution >= 4 is 11.3 Å². The SMILES string of the molecule is C#Cc1ccc2c(c1)OC(C)(C)c1[nH]c(-c3nc(C)cs3)nc1-2.